The van der Waals surface area contributed by atoms with E-state index in [1.807, 2.05) is 0 Å². The van der Waals surface area contributed by atoms with Crippen molar-refractivity contribution >= 4 is 40.4 Å². The topological polar surface area (TPSA) is 55.1 Å². The number of amides is 1. The van der Waals surface area contributed by atoms with Crippen LogP contribution >= 0.6 is 34.5 Å². The van der Waals surface area contributed by atoms with Gasteiger partial charge in [0.05, 0.1) is 9.90 Å². The van der Waals surface area contributed by atoms with Gasteiger partial charge in [-0.25, -0.2) is 0 Å². The maximum absolute atomic E-state index is 12.4. The molecule has 3 rings (SSSR count). The Morgan fingerprint density at radius 3 is 2.50 bits per heavy atom. The fourth-order valence-corrected chi connectivity index (χ4v) is 5.21. The molecule has 0 radical (unpaired) electrons. The third-order valence-corrected chi connectivity index (χ3v) is 6.06. The second-order valence-corrected chi connectivity index (χ2v) is 8.21. The average Bonchev–Trinajstić information content (AvgIpc) is 2.69. The van der Waals surface area contributed by atoms with Crippen LogP contribution in [0.2, 0.25) is 8.67 Å². The first-order valence-corrected chi connectivity index (χ1v) is 8.63. The molecule has 2 atom stereocenters. The molecule has 3 N–H and O–H groups in total. The molecule has 3 nitrogen and oxygen atoms in total. The zero-order chi connectivity index (χ0) is 14.3. The van der Waals surface area contributed by atoms with Gasteiger partial charge in [0.1, 0.15) is 4.34 Å². The number of thiophene rings is 1. The third-order valence-electron chi connectivity index (χ3n) is 4.58. The summed E-state index contributed by atoms with van der Waals surface area (Å²) in [4.78, 5) is 12.4. The number of carbonyl (C=O) groups is 1. The van der Waals surface area contributed by atoms with E-state index in [-0.39, 0.29) is 18.0 Å². The highest BCUT2D eigenvalue weighted by atomic mass is 35.5. The van der Waals surface area contributed by atoms with Gasteiger partial charge in [0, 0.05) is 12.1 Å². The number of hydrogen-bond donors (Lipinski definition) is 2. The first kappa shape index (κ1) is 14.6. The van der Waals surface area contributed by atoms with E-state index in [0.717, 1.165) is 25.7 Å². The van der Waals surface area contributed by atoms with Crippen molar-refractivity contribution in [2.45, 2.75) is 44.2 Å². The van der Waals surface area contributed by atoms with Crippen LogP contribution in [0.1, 0.15) is 42.5 Å². The summed E-state index contributed by atoms with van der Waals surface area (Å²) in [6, 6.07) is 2.18. The molecule has 1 amide bonds. The van der Waals surface area contributed by atoms with Crippen molar-refractivity contribution in [1.29, 1.82) is 0 Å². The normalized spacial score (nSPS) is 33.0. The number of rotatable bonds is 2. The highest BCUT2D eigenvalue weighted by Gasteiger charge is 2.40. The van der Waals surface area contributed by atoms with Crippen LogP contribution in [0, 0.1) is 11.8 Å². The van der Waals surface area contributed by atoms with Crippen LogP contribution in [0.5, 0.6) is 0 Å². The molecule has 6 heteroatoms. The van der Waals surface area contributed by atoms with Gasteiger partial charge in [-0.3, -0.25) is 4.79 Å². The van der Waals surface area contributed by atoms with Gasteiger partial charge >= 0.3 is 0 Å². The van der Waals surface area contributed by atoms with Gasteiger partial charge in [-0.2, -0.15) is 0 Å². The summed E-state index contributed by atoms with van der Waals surface area (Å²) < 4.78 is 1.01. The largest absolute Gasteiger partial charge is 0.349 e. The van der Waals surface area contributed by atoms with Gasteiger partial charge in [0.2, 0.25) is 0 Å². The van der Waals surface area contributed by atoms with E-state index in [0.29, 0.717) is 26.1 Å². The van der Waals surface area contributed by atoms with Gasteiger partial charge in [-0.15, -0.1) is 11.3 Å². The van der Waals surface area contributed by atoms with Crippen molar-refractivity contribution in [2.75, 3.05) is 0 Å². The Bertz CT molecular complexity index is 505. The van der Waals surface area contributed by atoms with Gasteiger partial charge in [-0.1, -0.05) is 29.6 Å². The monoisotopic (exact) mass is 332 g/mol. The summed E-state index contributed by atoms with van der Waals surface area (Å²) >= 11 is 13.2. The van der Waals surface area contributed by atoms with Crippen molar-refractivity contribution < 1.29 is 4.79 Å². The predicted molar refractivity (Wildman–Crippen MR) is 83.6 cm³/mol. The molecular formula is C14H18Cl2N2OS. The minimum absolute atomic E-state index is 0.101. The summed E-state index contributed by atoms with van der Waals surface area (Å²) in [6.45, 7) is 0. The molecule has 2 aliphatic rings. The van der Waals surface area contributed by atoms with Crippen molar-refractivity contribution in [3.05, 3.63) is 20.3 Å². The summed E-state index contributed by atoms with van der Waals surface area (Å²) in [7, 11) is 0. The summed E-state index contributed by atoms with van der Waals surface area (Å²) in [5, 5.41) is 3.18. The second-order valence-electron chi connectivity index (χ2n) is 5.92. The predicted octanol–water partition coefficient (Wildman–Crippen LogP) is 3.69. The molecule has 2 unspecified atom stereocenters. The number of fused-ring (bicyclic) bond motifs is 2. The van der Waals surface area contributed by atoms with Crippen LogP contribution in [0.15, 0.2) is 6.07 Å². The van der Waals surface area contributed by atoms with Crippen LogP contribution in [0.25, 0.3) is 0 Å². The quantitative estimate of drug-likeness (QED) is 0.867. The third kappa shape index (κ3) is 2.84. The minimum atomic E-state index is -0.101. The first-order valence-electron chi connectivity index (χ1n) is 7.06. The maximum atomic E-state index is 12.4. The summed E-state index contributed by atoms with van der Waals surface area (Å²) in [5.41, 5.74) is 6.60. The molecule has 0 aliphatic heterocycles. The van der Waals surface area contributed by atoms with Gasteiger partial charge in [-0.05, 0) is 43.6 Å². The Balaban J connectivity index is 1.74. The standard InChI is InChI=1S/C14H18Cl2N2OS/c15-11-6-10(13(16)20-11)14(19)18-12-7-2-1-3-8(12)5-9(17)4-7/h6-9,12H,1-5,17H2,(H,18,19). The molecule has 0 spiro atoms. The van der Waals surface area contributed by atoms with Crippen molar-refractivity contribution in [3.63, 3.8) is 0 Å². The van der Waals surface area contributed by atoms with E-state index in [9.17, 15) is 4.79 Å². The van der Waals surface area contributed by atoms with Gasteiger partial charge in [0.25, 0.3) is 5.91 Å². The lowest BCUT2D eigenvalue weighted by Gasteiger charge is -2.45. The number of carbonyl (C=O) groups excluding carboxylic acids is 1. The van der Waals surface area contributed by atoms with Crippen LogP contribution in [0.4, 0.5) is 0 Å². The average molecular weight is 333 g/mol. The smallest absolute Gasteiger partial charge is 0.253 e. The minimum Gasteiger partial charge on any atom is -0.349 e. The fraction of sp³-hybridized carbons (Fsp3) is 0.643. The molecule has 2 saturated carbocycles. The highest BCUT2D eigenvalue weighted by molar-refractivity contribution is 7.20. The Labute approximate surface area is 132 Å². The Morgan fingerprint density at radius 2 is 1.95 bits per heavy atom. The van der Waals surface area contributed by atoms with Crippen LogP contribution in [-0.4, -0.2) is 18.0 Å². The van der Waals surface area contributed by atoms with Crippen molar-refractivity contribution in [2.24, 2.45) is 17.6 Å². The summed E-state index contributed by atoms with van der Waals surface area (Å²) in [5.74, 6) is 0.916. The lowest BCUT2D eigenvalue weighted by Crippen LogP contribution is -2.53. The zero-order valence-corrected chi connectivity index (χ0v) is 13.4. The molecule has 2 fully saturated rings. The van der Waals surface area contributed by atoms with E-state index < -0.39 is 0 Å². The second kappa shape index (κ2) is 5.84. The Kier molecular flexibility index (Phi) is 4.27. The zero-order valence-electron chi connectivity index (χ0n) is 11.1. The SMILES string of the molecule is NC1CC2CCCC(C1)C2NC(=O)c1cc(Cl)sc1Cl. The molecule has 20 heavy (non-hydrogen) atoms. The number of nitrogens with two attached hydrogens (primary N) is 1. The highest BCUT2D eigenvalue weighted by Crippen LogP contribution is 2.40. The van der Waals surface area contributed by atoms with E-state index in [1.54, 1.807) is 6.07 Å². The van der Waals surface area contributed by atoms with Gasteiger partial charge in [0.15, 0.2) is 0 Å². The molecule has 1 aromatic heterocycles. The summed E-state index contributed by atoms with van der Waals surface area (Å²) in [6.07, 6.45) is 5.60. The first-order chi connectivity index (χ1) is 9.54. The molecule has 1 heterocycles. The fourth-order valence-electron chi connectivity index (χ4n) is 3.75. The number of nitrogens with one attached hydrogen (secondary N) is 1. The molecular weight excluding hydrogens is 315 g/mol. The van der Waals surface area contributed by atoms with Crippen LogP contribution in [0.3, 0.4) is 0 Å². The van der Waals surface area contributed by atoms with E-state index in [1.165, 1.54) is 17.8 Å². The molecule has 2 bridgehead atoms. The molecule has 2 aliphatic carbocycles. The van der Waals surface area contributed by atoms with Crippen LogP contribution < -0.4 is 11.1 Å². The number of hydrogen-bond acceptors (Lipinski definition) is 3. The van der Waals surface area contributed by atoms with E-state index in [4.69, 9.17) is 28.9 Å². The van der Waals surface area contributed by atoms with Crippen molar-refractivity contribution in [1.82, 2.24) is 5.32 Å². The van der Waals surface area contributed by atoms with Crippen LogP contribution in [-0.2, 0) is 0 Å². The number of halogens is 2. The Morgan fingerprint density at radius 1 is 1.30 bits per heavy atom. The lowest BCUT2D eigenvalue weighted by atomic mass is 9.67. The molecule has 0 saturated heterocycles. The van der Waals surface area contributed by atoms with Crippen molar-refractivity contribution in [3.8, 4) is 0 Å². The van der Waals surface area contributed by atoms with E-state index >= 15 is 0 Å². The molecule has 1 aromatic rings. The lowest BCUT2D eigenvalue weighted by molar-refractivity contribution is 0.0756. The molecule has 110 valence electrons. The van der Waals surface area contributed by atoms with E-state index in [2.05, 4.69) is 5.32 Å². The Hall–Kier alpha value is -0.290. The molecule has 0 aromatic carbocycles. The maximum Gasteiger partial charge on any atom is 0.253 e. The van der Waals surface area contributed by atoms with Gasteiger partial charge < -0.3 is 11.1 Å².